The van der Waals surface area contributed by atoms with Crippen molar-refractivity contribution in [3.05, 3.63) is 16.8 Å². The van der Waals surface area contributed by atoms with Crippen LogP contribution >= 0.6 is 0 Å². The maximum absolute atomic E-state index is 9.37. The minimum Gasteiger partial charge on any atom is -0.381 e. The van der Waals surface area contributed by atoms with Crippen LogP contribution in [0.25, 0.3) is 0 Å². The summed E-state index contributed by atoms with van der Waals surface area (Å²) in [6.45, 7) is 10.6. The number of hydrogen-bond donors (Lipinski definition) is 1. The molecule has 0 atom stereocenters. The number of ether oxygens (including phenoxy) is 1. The van der Waals surface area contributed by atoms with Gasteiger partial charge in [0, 0.05) is 19.8 Å². The molecule has 0 saturated carbocycles. The summed E-state index contributed by atoms with van der Waals surface area (Å²) < 4.78 is 5.53. The van der Waals surface area contributed by atoms with Gasteiger partial charge in [-0.2, -0.15) is 10.4 Å². The molecule has 5 heteroatoms. The summed E-state index contributed by atoms with van der Waals surface area (Å²) in [7, 11) is 0. The third kappa shape index (κ3) is 5.31. The Morgan fingerprint density at radius 2 is 2.00 bits per heavy atom. The van der Waals surface area contributed by atoms with Crippen LogP contribution in [0, 0.1) is 17.2 Å². The number of nitrogens with one attached hydrogen (secondary N) is 1. The van der Waals surface area contributed by atoms with Gasteiger partial charge >= 0.3 is 0 Å². The molecule has 0 saturated heterocycles. The molecule has 5 nitrogen and oxygen atoms in total. The number of nitriles is 1. The number of hydrogen-bond acceptors (Lipinski definition) is 5. The van der Waals surface area contributed by atoms with Crippen LogP contribution < -0.4 is 5.32 Å². The van der Waals surface area contributed by atoms with Crippen LogP contribution in [0.3, 0.4) is 0 Å². The van der Waals surface area contributed by atoms with Gasteiger partial charge in [0.1, 0.15) is 11.6 Å². The first-order valence-electron chi connectivity index (χ1n) is 7.74. The number of aromatic nitrogens is 2. The summed E-state index contributed by atoms with van der Waals surface area (Å²) >= 11 is 0. The van der Waals surface area contributed by atoms with E-state index in [9.17, 15) is 5.26 Å². The fourth-order valence-electron chi connectivity index (χ4n) is 2.12. The second kappa shape index (κ2) is 9.30. The van der Waals surface area contributed by atoms with E-state index in [1.807, 2.05) is 13.8 Å². The zero-order valence-corrected chi connectivity index (χ0v) is 13.6. The van der Waals surface area contributed by atoms with Gasteiger partial charge in [-0.1, -0.05) is 27.7 Å². The van der Waals surface area contributed by atoms with Gasteiger partial charge in [0.15, 0.2) is 5.82 Å². The SMILES string of the molecule is CCc1nnc(NCCCOCC(C)C)c(C#N)c1CC. The van der Waals surface area contributed by atoms with E-state index in [2.05, 4.69) is 35.4 Å². The lowest BCUT2D eigenvalue weighted by Crippen LogP contribution is -2.13. The third-order valence-electron chi connectivity index (χ3n) is 3.17. The van der Waals surface area contributed by atoms with Gasteiger partial charge in [0.2, 0.25) is 0 Å². The van der Waals surface area contributed by atoms with Crippen LogP contribution in [0.2, 0.25) is 0 Å². The van der Waals surface area contributed by atoms with Crippen LogP contribution in [0.15, 0.2) is 0 Å². The van der Waals surface area contributed by atoms with E-state index in [1.165, 1.54) is 0 Å². The van der Waals surface area contributed by atoms with Crippen molar-refractivity contribution in [2.24, 2.45) is 5.92 Å². The Bertz CT molecular complexity index is 480. The Morgan fingerprint density at radius 3 is 2.57 bits per heavy atom. The standard InChI is InChI=1S/C16H26N4O/c1-5-13-14(10-17)16(20-19-15(13)6-2)18-8-7-9-21-11-12(3)4/h12H,5-9,11H2,1-4H3,(H,18,20). The lowest BCUT2D eigenvalue weighted by atomic mass is 10.0. The Kier molecular flexibility index (Phi) is 7.70. The van der Waals surface area contributed by atoms with Gasteiger partial charge in [0.05, 0.1) is 5.69 Å². The van der Waals surface area contributed by atoms with Crippen LogP contribution in [-0.2, 0) is 17.6 Å². The van der Waals surface area contributed by atoms with Crippen molar-refractivity contribution in [1.29, 1.82) is 5.26 Å². The van der Waals surface area contributed by atoms with Crippen LogP contribution in [0.5, 0.6) is 0 Å². The molecule has 21 heavy (non-hydrogen) atoms. The maximum Gasteiger partial charge on any atom is 0.166 e. The Morgan fingerprint density at radius 1 is 1.24 bits per heavy atom. The molecule has 0 aromatic carbocycles. The number of aryl methyl sites for hydroxylation is 1. The third-order valence-corrected chi connectivity index (χ3v) is 3.17. The second-order valence-corrected chi connectivity index (χ2v) is 5.42. The average molecular weight is 290 g/mol. The van der Waals surface area contributed by atoms with E-state index in [0.717, 1.165) is 43.7 Å². The molecule has 0 aliphatic rings. The quantitative estimate of drug-likeness (QED) is 0.708. The Hall–Kier alpha value is -1.67. The number of rotatable bonds is 9. The van der Waals surface area contributed by atoms with E-state index in [4.69, 9.17) is 4.74 Å². The monoisotopic (exact) mass is 290 g/mol. The lowest BCUT2D eigenvalue weighted by Gasteiger charge is -2.12. The van der Waals surface area contributed by atoms with Crippen molar-refractivity contribution in [2.45, 2.75) is 47.0 Å². The summed E-state index contributed by atoms with van der Waals surface area (Å²) in [5, 5.41) is 20.9. The van der Waals surface area contributed by atoms with Gasteiger partial charge in [-0.25, -0.2) is 0 Å². The molecule has 116 valence electrons. The normalized spacial score (nSPS) is 10.7. The van der Waals surface area contributed by atoms with Crippen molar-refractivity contribution in [3.63, 3.8) is 0 Å². The number of anilines is 1. The van der Waals surface area contributed by atoms with Crippen molar-refractivity contribution >= 4 is 5.82 Å². The average Bonchev–Trinajstić information content (AvgIpc) is 2.49. The molecule has 0 aliphatic heterocycles. The largest absolute Gasteiger partial charge is 0.381 e. The molecule has 0 fully saturated rings. The molecule has 0 bridgehead atoms. The minimum atomic E-state index is 0.558. The predicted octanol–water partition coefficient (Wildman–Crippen LogP) is 2.95. The number of nitrogens with zero attached hydrogens (tertiary/aromatic N) is 3. The van der Waals surface area contributed by atoms with Crippen LogP contribution in [-0.4, -0.2) is 30.0 Å². The van der Waals surface area contributed by atoms with Gasteiger partial charge in [0.25, 0.3) is 0 Å². The smallest absolute Gasteiger partial charge is 0.166 e. The van der Waals surface area contributed by atoms with Gasteiger partial charge < -0.3 is 10.1 Å². The fourth-order valence-corrected chi connectivity index (χ4v) is 2.12. The van der Waals surface area contributed by atoms with Crippen molar-refractivity contribution in [1.82, 2.24) is 10.2 Å². The van der Waals surface area contributed by atoms with Gasteiger partial charge in [-0.3, -0.25) is 0 Å². The summed E-state index contributed by atoms with van der Waals surface area (Å²) in [6.07, 6.45) is 2.48. The van der Waals surface area contributed by atoms with Crippen LogP contribution in [0.1, 0.15) is 50.9 Å². The molecule has 1 aromatic rings. The Balaban J connectivity index is 2.58. The van der Waals surface area contributed by atoms with E-state index >= 15 is 0 Å². The highest BCUT2D eigenvalue weighted by molar-refractivity contribution is 5.56. The van der Waals surface area contributed by atoms with E-state index in [1.54, 1.807) is 0 Å². The fraction of sp³-hybridized carbons (Fsp3) is 0.688. The molecule has 0 spiro atoms. The van der Waals surface area contributed by atoms with Crippen molar-refractivity contribution in [2.75, 3.05) is 25.1 Å². The predicted molar refractivity (Wildman–Crippen MR) is 84.3 cm³/mol. The first-order valence-corrected chi connectivity index (χ1v) is 7.74. The molecule has 1 N–H and O–H groups in total. The Labute approximate surface area is 127 Å². The van der Waals surface area contributed by atoms with Gasteiger partial charge in [-0.15, -0.1) is 5.10 Å². The van der Waals surface area contributed by atoms with Gasteiger partial charge in [-0.05, 0) is 30.7 Å². The van der Waals surface area contributed by atoms with Crippen molar-refractivity contribution in [3.8, 4) is 6.07 Å². The molecule has 1 heterocycles. The van der Waals surface area contributed by atoms with Crippen molar-refractivity contribution < 1.29 is 4.74 Å². The highest BCUT2D eigenvalue weighted by Crippen LogP contribution is 2.19. The summed E-state index contributed by atoms with van der Waals surface area (Å²) in [6, 6.07) is 2.26. The molecule has 1 rings (SSSR count). The molecule has 0 amide bonds. The highest BCUT2D eigenvalue weighted by atomic mass is 16.5. The second-order valence-electron chi connectivity index (χ2n) is 5.42. The molecular formula is C16H26N4O. The zero-order chi connectivity index (χ0) is 15.7. The first-order chi connectivity index (χ1) is 10.1. The summed E-state index contributed by atoms with van der Waals surface area (Å²) in [5.74, 6) is 1.15. The lowest BCUT2D eigenvalue weighted by molar-refractivity contribution is 0.110. The molecule has 0 aliphatic carbocycles. The summed E-state index contributed by atoms with van der Waals surface area (Å²) in [5.41, 5.74) is 2.56. The summed E-state index contributed by atoms with van der Waals surface area (Å²) in [4.78, 5) is 0. The van der Waals surface area contributed by atoms with Crippen LogP contribution in [0.4, 0.5) is 5.82 Å². The minimum absolute atomic E-state index is 0.558. The molecular weight excluding hydrogens is 264 g/mol. The van der Waals surface area contributed by atoms with E-state index < -0.39 is 0 Å². The molecule has 0 unspecified atom stereocenters. The van der Waals surface area contributed by atoms with E-state index in [-0.39, 0.29) is 0 Å². The molecule has 1 aromatic heterocycles. The topological polar surface area (TPSA) is 70.8 Å². The maximum atomic E-state index is 9.37. The molecule has 0 radical (unpaired) electrons. The zero-order valence-electron chi connectivity index (χ0n) is 13.6. The highest BCUT2D eigenvalue weighted by Gasteiger charge is 2.13. The van der Waals surface area contributed by atoms with E-state index in [0.29, 0.717) is 23.9 Å². The first kappa shape index (κ1) is 17.4.